The summed E-state index contributed by atoms with van der Waals surface area (Å²) in [6.07, 6.45) is 1.01. The average molecular weight is 212 g/mol. The zero-order valence-electron chi connectivity index (χ0n) is 9.10. The normalized spacial score (nSPS) is 12.9. The summed E-state index contributed by atoms with van der Waals surface area (Å²) in [5, 5.41) is 0.895. The summed E-state index contributed by atoms with van der Waals surface area (Å²) in [7, 11) is 0. The highest BCUT2D eigenvalue weighted by Crippen LogP contribution is 2.29. The topological polar surface area (TPSA) is 26.0 Å². The minimum absolute atomic E-state index is 0.498. The van der Waals surface area contributed by atoms with Crippen molar-refractivity contribution in [2.75, 3.05) is 6.54 Å². The second-order valence-corrected chi connectivity index (χ2v) is 4.27. The van der Waals surface area contributed by atoms with Crippen LogP contribution in [-0.2, 0) is 0 Å². The monoisotopic (exact) mass is 211 g/mol. The van der Waals surface area contributed by atoms with Gasteiger partial charge in [-0.1, -0.05) is 30.7 Å². The molecule has 1 rings (SSSR count). The molecule has 1 atom stereocenters. The Labute approximate surface area is 91.3 Å². The predicted octanol–water partition coefficient (Wildman–Crippen LogP) is 3.41. The van der Waals surface area contributed by atoms with Gasteiger partial charge in [-0.15, -0.1) is 0 Å². The molecule has 0 fully saturated rings. The van der Waals surface area contributed by atoms with Crippen LogP contribution in [0.1, 0.15) is 36.0 Å². The third-order valence-electron chi connectivity index (χ3n) is 2.75. The van der Waals surface area contributed by atoms with Gasteiger partial charge in [0.25, 0.3) is 0 Å². The van der Waals surface area contributed by atoms with E-state index in [4.69, 9.17) is 17.3 Å². The molecule has 1 aromatic carbocycles. The molecule has 0 aliphatic rings. The van der Waals surface area contributed by atoms with Gasteiger partial charge in [-0.3, -0.25) is 0 Å². The van der Waals surface area contributed by atoms with E-state index >= 15 is 0 Å². The molecule has 0 saturated heterocycles. The lowest BCUT2D eigenvalue weighted by atomic mass is 9.92. The van der Waals surface area contributed by atoms with E-state index in [1.54, 1.807) is 0 Å². The van der Waals surface area contributed by atoms with Gasteiger partial charge in [0.05, 0.1) is 0 Å². The first-order valence-electron chi connectivity index (χ1n) is 5.03. The zero-order chi connectivity index (χ0) is 10.7. The molecule has 78 valence electrons. The molecular formula is C12H18ClN. The summed E-state index contributed by atoms with van der Waals surface area (Å²) < 4.78 is 0. The van der Waals surface area contributed by atoms with Crippen molar-refractivity contribution in [3.63, 3.8) is 0 Å². The van der Waals surface area contributed by atoms with Gasteiger partial charge >= 0.3 is 0 Å². The van der Waals surface area contributed by atoms with Gasteiger partial charge in [0, 0.05) is 5.02 Å². The van der Waals surface area contributed by atoms with Crippen molar-refractivity contribution < 1.29 is 0 Å². The molecule has 0 saturated carbocycles. The molecule has 0 amide bonds. The van der Waals surface area contributed by atoms with Crippen LogP contribution in [0.5, 0.6) is 0 Å². The summed E-state index contributed by atoms with van der Waals surface area (Å²) in [5.74, 6) is 0.498. The molecule has 0 aliphatic heterocycles. The lowest BCUT2D eigenvalue weighted by Gasteiger charge is -2.15. The van der Waals surface area contributed by atoms with Gasteiger partial charge in [-0.2, -0.15) is 0 Å². The van der Waals surface area contributed by atoms with Crippen LogP contribution in [0.4, 0.5) is 0 Å². The molecule has 0 aliphatic carbocycles. The Bertz CT molecular complexity index is 320. The number of nitrogens with two attached hydrogens (primary N) is 1. The Balaban J connectivity index is 3.04. The first-order valence-corrected chi connectivity index (χ1v) is 5.41. The van der Waals surface area contributed by atoms with Crippen molar-refractivity contribution in [2.45, 2.75) is 33.1 Å². The minimum Gasteiger partial charge on any atom is -0.330 e. The van der Waals surface area contributed by atoms with E-state index in [9.17, 15) is 0 Å². The Hall–Kier alpha value is -0.530. The van der Waals surface area contributed by atoms with E-state index in [1.807, 2.05) is 6.92 Å². The highest BCUT2D eigenvalue weighted by atomic mass is 35.5. The van der Waals surface area contributed by atoms with Crippen LogP contribution >= 0.6 is 11.6 Å². The first kappa shape index (κ1) is 11.5. The Morgan fingerprint density at radius 1 is 1.36 bits per heavy atom. The van der Waals surface area contributed by atoms with E-state index in [1.165, 1.54) is 11.1 Å². The minimum atomic E-state index is 0.498. The molecule has 1 aromatic rings. The van der Waals surface area contributed by atoms with Crippen LogP contribution in [0.2, 0.25) is 5.02 Å². The van der Waals surface area contributed by atoms with Crippen LogP contribution in [0.25, 0.3) is 0 Å². The molecule has 1 unspecified atom stereocenters. The van der Waals surface area contributed by atoms with E-state index in [-0.39, 0.29) is 0 Å². The smallest absolute Gasteiger partial charge is 0.0467 e. The van der Waals surface area contributed by atoms with Crippen molar-refractivity contribution in [3.05, 3.63) is 33.8 Å². The molecule has 2 N–H and O–H groups in total. The summed E-state index contributed by atoms with van der Waals surface area (Å²) in [6, 6.07) is 4.24. The number of benzene rings is 1. The van der Waals surface area contributed by atoms with Gasteiger partial charge in [0.1, 0.15) is 0 Å². The van der Waals surface area contributed by atoms with E-state index in [0.29, 0.717) is 5.92 Å². The highest BCUT2D eigenvalue weighted by molar-refractivity contribution is 6.32. The maximum Gasteiger partial charge on any atom is 0.0467 e. The van der Waals surface area contributed by atoms with Gasteiger partial charge < -0.3 is 5.73 Å². The average Bonchev–Trinajstić information content (AvgIpc) is 2.15. The lowest BCUT2D eigenvalue weighted by Crippen LogP contribution is -2.06. The first-order chi connectivity index (χ1) is 6.57. The zero-order valence-corrected chi connectivity index (χ0v) is 9.86. The number of halogens is 1. The molecule has 0 spiro atoms. The quantitative estimate of drug-likeness (QED) is 0.815. The van der Waals surface area contributed by atoms with Crippen molar-refractivity contribution in [1.82, 2.24) is 0 Å². The van der Waals surface area contributed by atoms with Gasteiger partial charge in [-0.25, -0.2) is 0 Å². The van der Waals surface area contributed by atoms with Crippen molar-refractivity contribution in [2.24, 2.45) is 5.73 Å². The highest BCUT2D eigenvalue weighted by Gasteiger charge is 2.10. The second kappa shape index (κ2) is 4.81. The van der Waals surface area contributed by atoms with Crippen LogP contribution in [0.3, 0.4) is 0 Å². The summed E-state index contributed by atoms with van der Waals surface area (Å²) in [4.78, 5) is 0. The standard InChI is InChI=1S/C12H18ClN/c1-8(6-7-14)11-5-4-9(2)12(13)10(11)3/h4-5,8H,6-7,14H2,1-3H3. The van der Waals surface area contributed by atoms with Crippen molar-refractivity contribution >= 4 is 11.6 Å². The molecule has 0 bridgehead atoms. The third-order valence-corrected chi connectivity index (χ3v) is 3.33. The Morgan fingerprint density at radius 2 is 2.00 bits per heavy atom. The molecular weight excluding hydrogens is 194 g/mol. The molecule has 14 heavy (non-hydrogen) atoms. The SMILES string of the molecule is Cc1ccc(C(C)CCN)c(C)c1Cl. The summed E-state index contributed by atoms with van der Waals surface area (Å²) >= 11 is 6.20. The maximum atomic E-state index is 6.20. The lowest BCUT2D eigenvalue weighted by molar-refractivity contribution is 0.686. The third kappa shape index (κ3) is 2.28. The number of hydrogen-bond donors (Lipinski definition) is 1. The maximum absolute atomic E-state index is 6.20. The molecule has 1 nitrogen and oxygen atoms in total. The fourth-order valence-electron chi connectivity index (χ4n) is 1.77. The second-order valence-electron chi connectivity index (χ2n) is 3.89. The summed E-state index contributed by atoms with van der Waals surface area (Å²) in [5.41, 5.74) is 9.22. The van der Waals surface area contributed by atoms with E-state index in [0.717, 1.165) is 23.6 Å². The fraction of sp³-hybridized carbons (Fsp3) is 0.500. The molecule has 0 radical (unpaired) electrons. The number of hydrogen-bond acceptors (Lipinski definition) is 1. The van der Waals surface area contributed by atoms with Crippen LogP contribution in [0, 0.1) is 13.8 Å². The van der Waals surface area contributed by atoms with Gasteiger partial charge in [0.15, 0.2) is 0 Å². The molecule has 0 aromatic heterocycles. The van der Waals surface area contributed by atoms with Gasteiger partial charge in [0.2, 0.25) is 0 Å². The van der Waals surface area contributed by atoms with Crippen LogP contribution in [0.15, 0.2) is 12.1 Å². The number of aryl methyl sites for hydroxylation is 1. The predicted molar refractivity (Wildman–Crippen MR) is 63.0 cm³/mol. The fourth-order valence-corrected chi connectivity index (χ4v) is 1.95. The molecule has 2 heteroatoms. The van der Waals surface area contributed by atoms with E-state index in [2.05, 4.69) is 26.0 Å². The van der Waals surface area contributed by atoms with Gasteiger partial charge in [-0.05, 0) is 49.4 Å². The number of rotatable bonds is 3. The van der Waals surface area contributed by atoms with Crippen LogP contribution < -0.4 is 5.73 Å². The summed E-state index contributed by atoms with van der Waals surface area (Å²) in [6.45, 7) is 7.04. The van der Waals surface area contributed by atoms with Crippen molar-refractivity contribution in [1.29, 1.82) is 0 Å². The Morgan fingerprint density at radius 3 is 2.57 bits per heavy atom. The largest absolute Gasteiger partial charge is 0.330 e. The Kier molecular flexibility index (Phi) is 3.97. The van der Waals surface area contributed by atoms with Crippen molar-refractivity contribution in [3.8, 4) is 0 Å². The van der Waals surface area contributed by atoms with E-state index < -0.39 is 0 Å². The van der Waals surface area contributed by atoms with Crippen LogP contribution in [-0.4, -0.2) is 6.54 Å². The molecule has 0 heterocycles.